The van der Waals surface area contributed by atoms with Gasteiger partial charge in [-0.25, -0.2) is 4.98 Å². The Morgan fingerprint density at radius 2 is 2.08 bits per heavy atom. The summed E-state index contributed by atoms with van der Waals surface area (Å²) in [5.41, 5.74) is 1.20. The monoisotopic (exact) mass is 347 g/mol. The SMILES string of the molecule is C=C(C)CN1CCC(NC(=NC)NCc2ncc(C(C)(C)C)o2)CC1. The number of nitrogens with one attached hydrogen (secondary N) is 2. The first-order chi connectivity index (χ1) is 11.8. The number of nitrogens with zero attached hydrogens (tertiary/aromatic N) is 3. The summed E-state index contributed by atoms with van der Waals surface area (Å²) >= 11 is 0. The molecular weight excluding hydrogens is 314 g/mol. The maximum Gasteiger partial charge on any atom is 0.213 e. The van der Waals surface area contributed by atoms with Gasteiger partial charge in [0.25, 0.3) is 0 Å². The second-order valence-electron chi connectivity index (χ2n) is 7.95. The van der Waals surface area contributed by atoms with Gasteiger partial charge in [-0.1, -0.05) is 32.9 Å². The standard InChI is InChI=1S/C19H33N5O/c1-14(2)13-24-9-7-15(8-10-24)23-18(20-6)22-12-17-21-11-16(25-17)19(3,4)5/h11,15H,1,7-10,12-13H2,2-6H3,(H2,20,22,23). The van der Waals surface area contributed by atoms with Gasteiger partial charge in [0.15, 0.2) is 5.96 Å². The van der Waals surface area contributed by atoms with Gasteiger partial charge < -0.3 is 15.1 Å². The Kier molecular flexibility index (Phi) is 6.64. The van der Waals surface area contributed by atoms with E-state index in [1.54, 1.807) is 7.05 Å². The number of hydrogen-bond donors (Lipinski definition) is 2. The zero-order chi connectivity index (χ0) is 18.4. The van der Waals surface area contributed by atoms with Gasteiger partial charge in [0.2, 0.25) is 5.89 Å². The third kappa shape index (κ3) is 6.20. The van der Waals surface area contributed by atoms with Crippen LogP contribution in [0.25, 0.3) is 0 Å². The minimum atomic E-state index is -0.0249. The quantitative estimate of drug-likeness (QED) is 0.487. The smallest absolute Gasteiger partial charge is 0.213 e. The number of likely N-dealkylation sites (tertiary alicyclic amines) is 1. The lowest BCUT2D eigenvalue weighted by Crippen LogP contribution is -2.48. The molecule has 25 heavy (non-hydrogen) atoms. The second kappa shape index (κ2) is 8.52. The molecule has 0 aliphatic carbocycles. The minimum absolute atomic E-state index is 0.0249. The fraction of sp³-hybridized carbons (Fsp3) is 0.684. The van der Waals surface area contributed by atoms with Crippen LogP contribution < -0.4 is 10.6 Å². The van der Waals surface area contributed by atoms with Gasteiger partial charge in [0.05, 0.1) is 12.7 Å². The average Bonchev–Trinajstić information content (AvgIpc) is 3.02. The highest BCUT2D eigenvalue weighted by molar-refractivity contribution is 5.79. The van der Waals surface area contributed by atoms with E-state index in [-0.39, 0.29) is 5.41 Å². The van der Waals surface area contributed by atoms with Crippen LogP contribution in [-0.4, -0.2) is 48.6 Å². The van der Waals surface area contributed by atoms with E-state index in [0.717, 1.165) is 44.2 Å². The van der Waals surface area contributed by atoms with Crippen LogP contribution in [0.3, 0.4) is 0 Å². The lowest BCUT2D eigenvalue weighted by Gasteiger charge is -2.33. The molecule has 2 N–H and O–H groups in total. The van der Waals surface area contributed by atoms with E-state index in [9.17, 15) is 0 Å². The first kappa shape index (κ1) is 19.5. The molecule has 0 aromatic carbocycles. The van der Waals surface area contributed by atoms with E-state index >= 15 is 0 Å². The van der Waals surface area contributed by atoms with Gasteiger partial charge in [-0.2, -0.15) is 0 Å². The maximum atomic E-state index is 5.81. The summed E-state index contributed by atoms with van der Waals surface area (Å²) in [6.07, 6.45) is 4.03. The number of rotatable bonds is 5. The van der Waals surface area contributed by atoms with Crippen molar-refractivity contribution in [2.45, 2.75) is 58.5 Å². The van der Waals surface area contributed by atoms with Gasteiger partial charge in [-0.05, 0) is 19.8 Å². The predicted octanol–water partition coefficient (Wildman–Crippen LogP) is 2.68. The molecule has 1 saturated heterocycles. The molecule has 0 bridgehead atoms. The van der Waals surface area contributed by atoms with Crippen molar-refractivity contribution in [2.24, 2.45) is 4.99 Å². The number of aromatic nitrogens is 1. The molecule has 1 aliphatic rings. The molecule has 0 unspecified atom stereocenters. The molecule has 0 atom stereocenters. The molecule has 0 spiro atoms. The number of hydrogen-bond acceptors (Lipinski definition) is 4. The fourth-order valence-corrected chi connectivity index (χ4v) is 2.90. The first-order valence-corrected chi connectivity index (χ1v) is 9.07. The fourth-order valence-electron chi connectivity index (χ4n) is 2.90. The van der Waals surface area contributed by atoms with Crippen LogP contribution in [0.5, 0.6) is 0 Å². The van der Waals surface area contributed by atoms with Crippen LogP contribution in [0.4, 0.5) is 0 Å². The van der Waals surface area contributed by atoms with Crippen LogP contribution in [0, 0.1) is 0 Å². The normalized spacial score (nSPS) is 17.6. The van der Waals surface area contributed by atoms with Gasteiger partial charge >= 0.3 is 0 Å². The molecule has 2 rings (SSSR count). The number of guanidine groups is 1. The lowest BCUT2D eigenvalue weighted by atomic mass is 9.94. The van der Waals surface area contributed by atoms with Gasteiger partial charge in [-0.3, -0.25) is 9.89 Å². The molecular formula is C19H33N5O. The summed E-state index contributed by atoms with van der Waals surface area (Å²) < 4.78 is 5.81. The van der Waals surface area contributed by atoms with Crippen molar-refractivity contribution in [3.63, 3.8) is 0 Å². The van der Waals surface area contributed by atoms with E-state index in [4.69, 9.17) is 4.42 Å². The second-order valence-corrected chi connectivity index (χ2v) is 7.95. The summed E-state index contributed by atoms with van der Waals surface area (Å²) in [7, 11) is 1.79. The number of piperidine rings is 1. The average molecular weight is 348 g/mol. The molecule has 1 fully saturated rings. The Labute approximate surface area is 151 Å². The summed E-state index contributed by atoms with van der Waals surface area (Å²) in [6, 6.07) is 0.447. The summed E-state index contributed by atoms with van der Waals surface area (Å²) in [4.78, 5) is 11.1. The Morgan fingerprint density at radius 3 is 2.60 bits per heavy atom. The highest BCUT2D eigenvalue weighted by Gasteiger charge is 2.21. The van der Waals surface area contributed by atoms with Crippen molar-refractivity contribution in [1.29, 1.82) is 0 Å². The summed E-state index contributed by atoms with van der Waals surface area (Å²) in [5, 5.41) is 6.80. The topological polar surface area (TPSA) is 65.7 Å². The van der Waals surface area contributed by atoms with E-state index in [1.165, 1.54) is 5.57 Å². The van der Waals surface area contributed by atoms with Gasteiger partial charge in [-0.15, -0.1) is 0 Å². The Hall–Kier alpha value is -1.82. The maximum absolute atomic E-state index is 5.81. The van der Waals surface area contributed by atoms with E-state index in [2.05, 4.69) is 59.8 Å². The van der Waals surface area contributed by atoms with Crippen molar-refractivity contribution >= 4 is 5.96 Å². The van der Waals surface area contributed by atoms with Crippen LogP contribution >= 0.6 is 0 Å². The third-order valence-electron chi connectivity index (χ3n) is 4.35. The van der Waals surface area contributed by atoms with Crippen molar-refractivity contribution in [3.05, 3.63) is 30.0 Å². The van der Waals surface area contributed by atoms with Gasteiger partial charge in [0, 0.05) is 38.1 Å². The molecule has 1 aromatic heterocycles. The highest BCUT2D eigenvalue weighted by atomic mass is 16.4. The molecule has 0 saturated carbocycles. The van der Waals surface area contributed by atoms with Crippen LogP contribution in [-0.2, 0) is 12.0 Å². The van der Waals surface area contributed by atoms with Crippen molar-refractivity contribution in [3.8, 4) is 0 Å². The minimum Gasteiger partial charge on any atom is -0.443 e. The Balaban J connectivity index is 1.78. The van der Waals surface area contributed by atoms with Crippen LogP contribution in [0.1, 0.15) is 52.2 Å². The van der Waals surface area contributed by atoms with E-state index in [0.29, 0.717) is 18.5 Å². The van der Waals surface area contributed by atoms with Crippen LogP contribution in [0.2, 0.25) is 0 Å². The van der Waals surface area contributed by atoms with Crippen molar-refractivity contribution in [1.82, 2.24) is 20.5 Å². The molecule has 6 nitrogen and oxygen atoms in total. The number of aliphatic imine (C=N–C) groups is 1. The zero-order valence-electron chi connectivity index (χ0n) is 16.4. The zero-order valence-corrected chi connectivity index (χ0v) is 16.4. The molecule has 1 aromatic rings. The van der Waals surface area contributed by atoms with E-state index < -0.39 is 0 Å². The molecule has 2 heterocycles. The largest absolute Gasteiger partial charge is 0.443 e. The van der Waals surface area contributed by atoms with E-state index in [1.807, 2.05) is 6.20 Å². The molecule has 0 radical (unpaired) electrons. The molecule has 1 aliphatic heterocycles. The highest BCUT2D eigenvalue weighted by Crippen LogP contribution is 2.22. The molecule has 0 amide bonds. The Morgan fingerprint density at radius 1 is 1.40 bits per heavy atom. The molecule has 140 valence electrons. The molecule has 6 heteroatoms. The predicted molar refractivity (Wildman–Crippen MR) is 103 cm³/mol. The lowest BCUT2D eigenvalue weighted by molar-refractivity contribution is 0.221. The number of oxazole rings is 1. The van der Waals surface area contributed by atoms with Crippen molar-refractivity contribution < 1.29 is 4.42 Å². The van der Waals surface area contributed by atoms with Crippen LogP contribution in [0.15, 0.2) is 27.8 Å². The van der Waals surface area contributed by atoms with Crippen molar-refractivity contribution in [2.75, 3.05) is 26.7 Å². The summed E-state index contributed by atoms with van der Waals surface area (Å²) in [5.74, 6) is 2.38. The summed E-state index contributed by atoms with van der Waals surface area (Å²) in [6.45, 7) is 16.2. The Bertz CT molecular complexity index is 591. The first-order valence-electron chi connectivity index (χ1n) is 9.07. The third-order valence-corrected chi connectivity index (χ3v) is 4.35. The van der Waals surface area contributed by atoms with Gasteiger partial charge in [0.1, 0.15) is 5.76 Å².